The standard InChI is InChI=1S/C13H18O4/c1-4-6-8-16-12(14)10-11(3)13(15)17-9-7-5-2/h4-5,10H,1-2,6-9H2,3H3/b11-10-. The van der Waals surface area contributed by atoms with Crippen LogP contribution in [-0.2, 0) is 19.1 Å². The van der Waals surface area contributed by atoms with E-state index in [1.54, 1.807) is 12.2 Å². The van der Waals surface area contributed by atoms with Crippen molar-refractivity contribution in [2.24, 2.45) is 0 Å². The Kier molecular flexibility index (Phi) is 8.37. The lowest BCUT2D eigenvalue weighted by molar-refractivity contribution is -0.141. The van der Waals surface area contributed by atoms with Gasteiger partial charge in [0.25, 0.3) is 0 Å². The third-order valence-electron chi connectivity index (χ3n) is 1.78. The van der Waals surface area contributed by atoms with Crippen LogP contribution in [0.1, 0.15) is 19.8 Å². The highest BCUT2D eigenvalue weighted by Crippen LogP contribution is 1.99. The van der Waals surface area contributed by atoms with Crippen LogP contribution in [0.3, 0.4) is 0 Å². The van der Waals surface area contributed by atoms with Crippen molar-refractivity contribution < 1.29 is 19.1 Å². The lowest BCUT2D eigenvalue weighted by atomic mass is 10.3. The molecule has 0 fully saturated rings. The monoisotopic (exact) mass is 238 g/mol. The SMILES string of the molecule is C=CCCOC(=O)/C=C(/C)C(=O)OCCC=C. The summed E-state index contributed by atoms with van der Waals surface area (Å²) in [6.07, 6.45) is 5.59. The van der Waals surface area contributed by atoms with Gasteiger partial charge in [0.2, 0.25) is 0 Å². The van der Waals surface area contributed by atoms with E-state index in [1.807, 2.05) is 0 Å². The van der Waals surface area contributed by atoms with Crippen LogP contribution in [-0.4, -0.2) is 25.2 Å². The minimum atomic E-state index is -0.551. The Morgan fingerprint density at radius 2 is 1.59 bits per heavy atom. The van der Waals surface area contributed by atoms with Crippen LogP contribution in [0.4, 0.5) is 0 Å². The third-order valence-corrected chi connectivity index (χ3v) is 1.78. The van der Waals surface area contributed by atoms with E-state index in [9.17, 15) is 9.59 Å². The number of hydrogen-bond donors (Lipinski definition) is 0. The number of esters is 2. The first-order chi connectivity index (χ1) is 8.11. The fourth-order valence-electron chi connectivity index (χ4n) is 0.869. The maximum Gasteiger partial charge on any atom is 0.333 e. The van der Waals surface area contributed by atoms with Crippen molar-refractivity contribution in [3.05, 3.63) is 37.0 Å². The summed E-state index contributed by atoms with van der Waals surface area (Å²) in [5.74, 6) is -1.07. The van der Waals surface area contributed by atoms with Crippen LogP contribution in [0.2, 0.25) is 0 Å². The summed E-state index contributed by atoms with van der Waals surface area (Å²) in [5, 5.41) is 0. The summed E-state index contributed by atoms with van der Waals surface area (Å²) in [5.41, 5.74) is 0.220. The number of hydrogen-bond acceptors (Lipinski definition) is 4. The van der Waals surface area contributed by atoms with Crippen molar-refractivity contribution in [3.8, 4) is 0 Å². The van der Waals surface area contributed by atoms with Gasteiger partial charge in [-0.15, -0.1) is 13.2 Å². The molecule has 0 saturated heterocycles. The van der Waals surface area contributed by atoms with Crippen molar-refractivity contribution in [2.45, 2.75) is 19.8 Å². The third kappa shape index (κ3) is 8.02. The number of carbonyl (C=O) groups is 2. The molecule has 0 amide bonds. The van der Waals surface area contributed by atoms with Crippen LogP contribution in [0.15, 0.2) is 37.0 Å². The topological polar surface area (TPSA) is 52.6 Å². The first-order valence-electron chi connectivity index (χ1n) is 5.35. The normalized spacial score (nSPS) is 10.5. The van der Waals surface area contributed by atoms with E-state index in [0.29, 0.717) is 12.8 Å². The van der Waals surface area contributed by atoms with Crippen LogP contribution < -0.4 is 0 Å². The molecule has 0 radical (unpaired) electrons. The molecule has 4 nitrogen and oxygen atoms in total. The summed E-state index contributed by atoms with van der Waals surface area (Å²) in [7, 11) is 0. The van der Waals surface area contributed by atoms with E-state index < -0.39 is 11.9 Å². The summed E-state index contributed by atoms with van der Waals surface area (Å²) in [6.45, 7) is 9.03. The molecular formula is C13H18O4. The zero-order chi connectivity index (χ0) is 13.1. The minimum Gasteiger partial charge on any atom is -0.462 e. The molecule has 0 aromatic heterocycles. The largest absolute Gasteiger partial charge is 0.462 e. The molecule has 0 aliphatic heterocycles. The Hall–Kier alpha value is -1.84. The van der Waals surface area contributed by atoms with Crippen molar-refractivity contribution in [2.75, 3.05) is 13.2 Å². The Morgan fingerprint density at radius 1 is 1.06 bits per heavy atom. The van der Waals surface area contributed by atoms with E-state index in [-0.39, 0.29) is 18.8 Å². The van der Waals surface area contributed by atoms with Gasteiger partial charge in [0.15, 0.2) is 0 Å². The molecule has 17 heavy (non-hydrogen) atoms. The maximum atomic E-state index is 11.3. The lowest BCUT2D eigenvalue weighted by Crippen LogP contribution is -2.10. The molecule has 0 saturated carbocycles. The first kappa shape index (κ1) is 15.2. The van der Waals surface area contributed by atoms with Crippen LogP contribution >= 0.6 is 0 Å². The summed E-state index contributed by atoms with van der Waals surface area (Å²) in [6, 6.07) is 0. The smallest absolute Gasteiger partial charge is 0.333 e. The molecule has 0 rings (SSSR count). The van der Waals surface area contributed by atoms with E-state index in [0.717, 1.165) is 6.08 Å². The zero-order valence-electron chi connectivity index (χ0n) is 10.1. The number of rotatable bonds is 8. The Morgan fingerprint density at radius 3 is 2.12 bits per heavy atom. The predicted molar refractivity (Wildman–Crippen MR) is 65.3 cm³/mol. The minimum absolute atomic E-state index is 0.220. The van der Waals surface area contributed by atoms with Gasteiger partial charge >= 0.3 is 11.9 Å². The maximum absolute atomic E-state index is 11.3. The molecule has 0 aliphatic carbocycles. The second-order valence-corrected chi connectivity index (χ2v) is 3.29. The fraction of sp³-hybridized carbons (Fsp3) is 0.385. The van der Waals surface area contributed by atoms with Crippen LogP contribution in [0, 0.1) is 0 Å². The summed E-state index contributed by atoms with van der Waals surface area (Å²) < 4.78 is 9.69. The summed E-state index contributed by atoms with van der Waals surface area (Å²) in [4.78, 5) is 22.5. The number of carbonyl (C=O) groups excluding carboxylic acids is 2. The van der Waals surface area contributed by atoms with Crippen molar-refractivity contribution >= 4 is 11.9 Å². The van der Waals surface area contributed by atoms with Crippen molar-refractivity contribution in [1.29, 1.82) is 0 Å². The average molecular weight is 238 g/mol. The molecule has 0 aliphatic rings. The van der Waals surface area contributed by atoms with E-state index >= 15 is 0 Å². The Balaban J connectivity index is 4.04. The molecule has 0 aromatic carbocycles. The molecule has 0 aromatic rings. The second-order valence-electron chi connectivity index (χ2n) is 3.29. The molecule has 0 spiro atoms. The first-order valence-corrected chi connectivity index (χ1v) is 5.35. The van der Waals surface area contributed by atoms with Gasteiger partial charge in [-0.1, -0.05) is 12.2 Å². The average Bonchev–Trinajstić information content (AvgIpc) is 2.29. The van der Waals surface area contributed by atoms with Gasteiger partial charge in [0.05, 0.1) is 13.2 Å². The van der Waals surface area contributed by atoms with Crippen molar-refractivity contribution in [1.82, 2.24) is 0 Å². The van der Waals surface area contributed by atoms with E-state index in [1.165, 1.54) is 6.92 Å². The van der Waals surface area contributed by atoms with Gasteiger partial charge in [-0.3, -0.25) is 0 Å². The Labute approximate surface area is 102 Å². The van der Waals surface area contributed by atoms with Crippen LogP contribution in [0.5, 0.6) is 0 Å². The van der Waals surface area contributed by atoms with Crippen LogP contribution in [0.25, 0.3) is 0 Å². The van der Waals surface area contributed by atoms with E-state index in [2.05, 4.69) is 13.2 Å². The quantitative estimate of drug-likeness (QED) is 0.281. The highest BCUT2D eigenvalue weighted by molar-refractivity contribution is 5.95. The second kappa shape index (κ2) is 9.39. The van der Waals surface area contributed by atoms with Gasteiger partial charge < -0.3 is 9.47 Å². The molecule has 0 N–H and O–H groups in total. The van der Waals surface area contributed by atoms with Gasteiger partial charge in [-0.05, 0) is 19.8 Å². The highest BCUT2D eigenvalue weighted by Gasteiger charge is 2.08. The van der Waals surface area contributed by atoms with Gasteiger partial charge in [-0.25, -0.2) is 9.59 Å². The zero-order valence-corrected chi connectivity index (χ0v) is 10.1. The molecule has 4 heteroatoms. The predicted octanol–water partition coefficient (Wildman–Crippen LogP) is 2.17. The summed E-state index contributed by atoms with van der Waals surface area (Å²) >= 11 is 0. The molecule has 0 bridgehead atoms. The lowest BCUT2D eigenvalue weighted by Gasteiger charge is -2.03. The van der Waals surface area contributed by atoms with Gasteiger partial charge in [0.1, 0.15) is 0 Å². The molecule has 0 heterocycles. The molecular weight excluding hydrogens is 220 g/mol. The molecule has 0 atom stereocenters. The van der Waals surface area contributed by atoms with Crippen molar-refractivity contribution in [3.63, 3.8) is 0 Å². The fourth-order valence-corrected chi connectivity index (χ4v) is 0.869. The number of ether oxygens (including phenoxy) is 2. The molecule has 0 unspecified atom stereocenters. The molecule has 94 valence electrons. The van der Waals surface area contributed by atoms with Gasteiger partial charge in [0, 0.05) is 11.6 Å². The van der Waals surface area contributed by atoms with E-state index in [4.69, 9.17) is 9.47 Å². The Bertz CT molecular complexity index is 315. The highest BCUT2D eigenvalue weighted by atomic mass is 16.5. The van der Waals surface area contributed by atoms with Gasteiger partial charge in [-0.2, -0.15) is 0 Å².